The Kier molecular flexibility index (Phi) is 3.65. The van der Waals surface area contributed by atoms with E-state index in [0.717, 1.165) is 18.6 Å². The van der Waals surface area contributed by atoms with E-state index in [-0.39, 0.29) is 24.1 Å². The molecule has 3 aromatic rings. The molecular formula is C18H17N3O3. The molecule has 24 heavy (non-hydrogen) atoms. The second-order valence-corrected chi connectivity index (χ2v) is 5.96. The highest BCUT2D eigenvalue weighted by Gasteiger charge is 2.31. The molecule has 1 aliphatic rings. The fourth-order valence-corrected chi connectivity index (χ4v) is 3.30. The van der Waals surface area contributed by atoms with E-state index in [2.05, 4.69) is 4.98 Å². The zero-order chi connectivity index (χ0) is 16.5. The number of fused-ring (bicyclic) bond motifs is 1. The topological polar surface area (TPSA) is 68.3 Å². The maximum Gasteiger partial charge on any atom is 0.261 e. The number of aromatic nitrogens is 2. The maximum atomic E-state index is 12.7. The summed E-state index contributed by atoms with van der Waals surface area (Å²) in [4.78, 5) is 31.3. The fourth-order valence-electron chi connectivity index (χ4n) is 3.30. The molecular weight excluding hydrogens is 306 g/mol. The molecule has 2 aromatic heterocycles. The van der Waals surface area contributed by atoms with Gasteiger partial charge in [0.25, 0.3) is 5.56 Å². The van der Waals surface area contributed by atoms with Crippen LogP contribution in [0.2, 0.25) is 0 Å². The number of hydrogen-bond donors (Lipinski definition) is 0. The van der Waals surface area contributed by atoms with Gasteiger partial charge in [-0.3, -0.25) is 14.2 Å². The summed E-state index contributed by atoms with van der Waals surface area (Å²) in [6.07, 6.45) is 4.88. The molecule has 0 aliphatic carbocycles. The molecule has 1 saturated heterocycles. The number of likely N-dealkylation sites (tertiary alicyclic amines) is 1. The average Bonchev–Trinajstić information content (AvgIpc) is 3.28. The monoisotopic (exact) mass is 323 g/mol. The summed E-state index contributed by atoms with van der Waals surface area (Å²) >= 11 is 0. The van der Waals surface area contributed by atoms with Crippen LogP contribution in [-0.2, 0) is 11.3 Å². The van der Waals surface area contributed by atoms with Crippen molar-refractivity contribution < 1.29 is 9.21 Å². The molecule has 4 rings (SSSR count). The lowest BCUT2D eigenvalue weighted by Crippen LogP contribution is -2.36. The number of furan rings is 1. The van der Waals surface area contributed by atoms with Gasteiger partial charge >= 0.3 is 0 Å². The molecule has 0 bridgehead atoms. The average molecular weight is 323 g/mol. The Balaban J connectivity index is 1.60. The Labute approximate surface area is 138 Å². The van der Waals surface area contributed by atoms with E-state index >= 15 is 0 Å². The van der Waals surface area contributed by atoms with Gasteiger partial charge in [0.1, 0.15) is 12.3 Å². The van der Waals surface area contributed by atoms with E-state index in [9.17, 15) is 9.59 Å². The third kappa shape index (κ3) is 2.50. The van der Waals surface area contributed by atoms with Crippen molar-refractivity contribution in [3.05, 3.63) is 65.1 Å². The predicted molar refractivity (Wildman–Crippen MR) is 88.4 cm³/mol. The second-order valence-electron chi connectivity index (χ2n) is 5.96. The van der Waals surface area contributed by atoms with E-state index in [0.29, 0.717) is 17.4 Å². The van der Waals surface area contributed by atoms with Crippen molar-refractivity contribution in [3.8, 4) is 0 Å². The summed E-state index contributed by atoms with van der Waals surface area (Å²) < 4.78 is 6.83. The van der Waals surface area contributed by atoms with Gasteiger partial charge in [-0.25, -0.2) is 4.98 Å². The number of para-hydroxylation sites is 1. The minimum atomic E-state index is -0.192. The first-order valence-electron chi connectivity index (χ1n) is 8.01. The van der Waals surface area contributed by atoms with Crippen LogP contribution in [0.1, 0.15) is 24.6 Å². The SMILES string of the molecule is O=C(Cn1cnc2ccccc2c1=O)N1CCC[C@H]1c1ccco1. The number of rotatable bonds is 3. The standard InChI is InChI=1S/C18H17N3O3/c22-17(21-9-3-7-15(21)16-8-4-10-24-16)11-20-12-19-14-6-2-1-5-13(14)18(20)23/h1-2,4-6,8,10,12,15H,3,7,9,11H2/t15-/m0/s1. The normalized spacial score (nSPS) is 17.5. The highest BCUT2D eigenvalue weighted by molar-refractivity contribution is 5.79. The van der Waals surface area contributed by atoms with Crippen LogP contribution in [-0.4, -0.2) is 26.9 Å². The van der Waals surface area contributed by atoms with Crippen LogP contribution in [0.5, 0.6) is 0 Å². The van der Waals surface area contributed by atoms with E-state index in [1.54, 1.807) is 29.4 Å². The molecule has 1 amide bonds. The minimum absolute atomic E-state index is 0.00608. The van der Waals surface area contributed by atoms with Crippen molar-refractivity contribution in [2.75, 3.05) is 6.54 Å². The van der Waals surface area contributed by atoms with Crippen molar-refractivity contribution >= 4 is 16.8 Å². The lowest BCUT2D eigenvalue weighted by Gasteiger charge is -2.23. The Morgan fingerprint density at radius 3 is 2.96 bits per heavy atom. The Morgan fingerprint density at radius 2 is 2.12 bits per heavy atom. The molecule has 0 spiro atoms. The Bertz CT molecular complexity index is 930. The molecule has 1 fully saturated rings. The number of carbonyl (C=O) groups excluding carboxylic acids is 1. The van der Waals surface area contributed by atoms with Crippen molar-refractivity contribution in [2.24, 2.45) is 0 Å². The van der Waals surface area contributed by atoms with Gasteiger partial charge in [0.05, 0.1) is 29.5 Å². The van der Waals surface area contributed by atoms with Crippen LogP contribution in [0.4, 0.5) is 0 Å². The predicted octanol–water partition coefficient (Wildman–Crippen LogP) is 2.35. The molecule has 6 heteroatoms. The van der Waals surface area contributed by atoms with Crippen LogP contribution in [0.25, 0.3) is 10.9 Å². The van der Waals surface area contributed by atoms with Gasteiger partial charge in [0.2, 0.25) is 5.91 Å². The highest BCUT2D eigenvalue weighted by Crippen LogP contribution is 2.32. The van der Waals surface area contributed by atoms with Crippen LogP contribution >= 0.6 is 0 Å². The first-order chi connectivity index (χ1) is 11.7. The molecule has 0 radical (unpaired) electrons. The van der Waals surface area contributed by atoms with Crippen LogP contribution in [0.3, 0.4) is 0 Å². The van der Waals surface area contributed by atoms with Gasteiger partial charge in [-0.1, -0.05) is 12.1 Å². The molecule has 122 valence electrons. The first kappa shape index (κ1) is 14.7. The Morgan fingerprint density at radius 1 is 1.25 bits per heavy atom. The van der Waals surface area contributed by atoms with E-state index < -0.39 is 0 Å². The third-order valence-electron chi connectivity index (χ3n) is 4.48. The molecule has 3 heterocycles. The van der Waals surface area contributed by atoms with E-state index in [1.165, 1.54) is 10.9 Å². The molecule has 1 aliphatic heterocycles. The van der Waals surface area contributed by atoms with Gasteiger partial charge in [0.15, 0.2) is 0 Å². The summed E-state index contributed by atoms with van der Waals surface area (Å²) in [6, 6.07) is 10.8. The van der Waals surface area contributed by atoms with Gasteiger partial charge < -0.3 is 9.32 Å². The zero-order valence-electron chi connectivity index (χ0n) is 13.1. The van der Waals surface area contributed by atoms with Crippen molar-refractivity contribution in [2.45, 2.75) is 25.4 Å². The largest absolute Gasteiger partial charge is 0.467 e. The highest BCUT2D eigenvalue weighted by atomic mass is 16.3. The van der Waals surface area contributed by atoms with Crippen LogP contribution in [0.15, 0.2) is 58.2 Å². The van der Waals surface area contributed by atoms with Crippen molar-refractivity contribution in [1.29, 1.82) is 0 Å². The summed E-state index contributed by atoms with van der Waals surface area (Å²) in [6.45, 7) is 0.674. The first-order valence-corrected chi connectivity index (χ1v) is 8.01. The Hall–Kier alpha value is -2.89. The molecule has 6 nitrogen and oxygen atoms in total. The van der Waals surface area contributed by atoms with Crippen molar-refractivity contribution in [1.82, 2.24) is 14.5 Å². The van der Waals surface area contributed by atoms with Gasteiger partial charge in [-0.15, -0.1) is 0 Å². The number of nitrogens with zero attached hydrogens (tertiary/aromatic N) is 3. The molecule has 1 atom stereocenters. The van der Waals surface area contributed by atoms with E-state index in [1.807, 2.05) is 18.2 Å². The van der Waals surface area contributed by atoms with E-state index in [4.69, 9.17) is 4.42 Å². The summed E-state index contributed by atoms with van der Waals surface area (Å²) in [5.41, 5.74) is 0.448. The maximum absolute atomic E-state index is 12.7. The lowest BCUT2D eigenvalue weighted by atomic mass is 10.1. The van der Waals surface area contributed by atoms with Gasteiger partial charge in [-0.05, 0) is 37.1 Å². The third-order valence-corrected chi connectivity index (χ3v) is 4.48. The van der Waals surface area contributed by atoms with Crippen LogP contribution < -0.4 is 5.56 Å². The smallest absolute Gasteiger partial charge is 0.261 e. The molecule has 1 aromatic carbocycles. The van der Waals surface area contributed by atoms with Crippen molar-refractivity contribution in [3.63, 3.8) is 0 Å². The number of carbonyl (C=O) groups is 1. The number of hydrogen-bond acceptors (Lipinski definition) is 4. The number of amides is 1. The number of benzene rings is 1. The summed E-state index contributed by atoms with van der Waals surface area (Å²) in [5.74, 6) is 0.706. The summed E-state index contributed by atoms with van der Waals surface area (Å²) in [7, 11) is 0. The minimum Gasteiger partial charge on any atom is -0.467 e. The zero-order valence-corrected chi connectivity index (χ0v) is 13.1. The quantitative estimate of drug-likeness (QED) is 0.742. The van der Waals surface area contributed by atoms with Gasteiger partial charge in [-0.2, -0.15) is 0 Å². The molecule has 0 N–H and O–H groups in total. The molecule has 0 saturated carbocycles. The lowest BCUT2D eigenvalue weighted by molar-refractivity contribution is -0.133. The second kappa shape index (κ2) is 5.96. The molecule has 0 unspecified atom stereocenters. The summed E-state index contributed by atoms with van der Waals surface area (Å²) in [5, 5.41) is 0.525. The van der Waals surface area contributed by atoms with Gasteiger partial charge in [0, 0.05) is 6.54 Å². The fraction of sp³-hybridized carbons (Fsp3) is 0.278. The van der Waals surface area contributed by atoms with Crippen LogP contribution in [0, 0.1) is 0 Å².